The zero-order valence-electron chi connectivity index (χ0n) is 16.5. The lowest BCUT2D eigenvalue weighted by Gasteiger charge is -2.19. The van der Waals surface area contributed by atoms with Gasteiger partial charge in [0.05, 0.1) is 0 Å². The van der Waals surface area contributed by atoms with Crippen molar-refractivity contribution in [1.82, 2.24) is 0 Å². The Labute approximate surface area is 150 Å². The summed E-state index contributed by atoms with van der Waals surface area (Å²) in [6, 6.07) is 4.57. The maximum Gasteiger partial charge on any atom is 0.0454 e. The molecule has 0 bridgehead atoms. The highest BCUT2D eigenvalue weighted by atomic mass is 14.9. The Morgan fingerprint density at radius 1 is 1.17 bits per heavy atom. The Morgan fingerprint density at radius 3 is 2.46 bits per heavy atom. The molecule has 0 fully saturated rings. The summed E-state index contributed by atoms with van der Waals surface area (Å²) in [6.45, 7) is 16.4. The van der Waals surface area contributed by atoms with Crippen LogP contribution in [0.3, 0.4) is 0 Å². The molecule has 24 heavy (non-hydrogen) atoms. The van der Waals surface area contributed by atoms with Crippen molar-refractivity contribution in [3.05, 3.63) is 47.6 Å². The molecule has 0 aromatic heterocycles. The van der Waals surface area contributed by atoms with Crippen LogP contribution in [0, 0.1) is 5.92 Å². The molecule has 0 radical (unpaired) electrons. The van der Waals surface area contributed by atoms with E-state index in [0.29, 0.717) is 0 Å². The molecule has 1 aromatic carbocycles. The molecule has 1 heteroatoms. The van der Waals surface area contributed by atoms with E-state index in [1.165, 1.54) is 41.6 Å². The minimum atomic E-state index is 0.808. The van der Waals surface area contributed by atoms with Crippen molar-refractivity contribution >= 4 is 11.3 Å². The monoisotopic (exact) mass is 327 g/mol. The third kappa shape index (κ3) is 6.55. The van der Waals surface area contributed by atoms with Crippen LogP contribution in [0.2, 0.25) is 0 Å². The van der Waals surface area contributed by atoms with Gasteiger partial charge in [0.25, 0.3) is 0 Å². The number of benzene rings is 1. The van der Waals surface area contributed by atoms with Crippen LogP contribution in [-0.2, 0) is 12.8 Å². The Hall–Kier alpha value is -1.50. The van der Waals surface area contributed by atoms with Crippen molar-refractivity contribution in [2.75, 3.05) is 11.9 Å². The summed E-state index contributed by atoms with van der Waals surface area (Å²) in [5.41, 5.74) is 6.57. The summed E-state index contributed by atoms with van der Waals surface area (Å²) in [5.74, 6) is 0.808. The van der Waals surface area contributed by atoms with Crippen molar-refractivity contribution in [1.29, 1.82) is 0 Å². The van der Waals surface area contributed by atoms with E-state index in [0.717, 1.165) is 37.3 Å². The molecule has 1 rings (SSSR count). The fourth-order valence-corrected chi connectivity index (χ4v) is 3.07. The summed E-state index contributed by atoms with van der Waals surface area (Å²) in [5, 5.41) is 3.66. The number of hydrogen-bond donors (Lipinski definition) is 1. The highest BCUT2D eigenvalue weighted by Gasteiger charge is 2.12. The third-order valence-corrected chi connectivity index (χ3v) is 4.39. The van der Waals surface area contributed by atoms with Gasteiger partial charge in [0.2, 0.25) is 0 Å². The molecule has 134 valence electrons. The Morgan fingerprint density at radius 2 is 1.88 bits per heavy atom. The average Bonchev–Trinajstić information content (AvgIpc) is 2.55. The Bertz CT molecular complexity index is 537. The highest BCUT2D eigenvalue weighted by molar-refractivity contribution is 5.79. The third-order valence-electron chi connectivity index (χ3n) is 4.39. The number of hydrogen-bond acceptors (Lipinski definition) is 1. The van der Waals surface area contributed by atoms with Gasteiger partial charge in [-0.2, -0.15) is 0 Å². The van der Waals surface area contributed by atoms with Gasteiger partial charge in [-0.05, 0) is 61.6 Å². The molecule has 0 aliphatic heterocycles. The van der Waals surface area contributed by atoms with E-state index < -0.39 is 0 Å². The van der Waals surface area contributed by atoms with Gasteiger partial charge in [0.1, 0.15) is 0 Å². The van der Waals surface area contributed by atoms with Crippen LogP contribution in [0.5, 0.6) is 0 Å². The van der Waals surface area contributed by atoms with Crippen LogP contribution < -0.4 is 5.32 Å². The quantitative estimate of drug-likeness (QED) is 0.340. The largest absolute Gasteiger partial charge is 0.384 e. The van der Waals surface area contributed by atoms with Crippen LogP contribution in [-0.4, -0.2) is 6.54 Å². The van der Waals surface area contributed by atoms with Gasteiger partial charge in [-0.3, -0.25) is 0 Å². The van der Waals surface area contributed by atoms with Gasteiger partial charge in [-0.25, -0.2) is 0 Å². The summed E-state index contributed by atoms with van der Waals surface area (Å²) in [4.78, 5) is 0. The molecule has 1 aromatic rings. The van der Waals surface area contributed by atoms with Crippen LogP contribution in [0.4, 0.5) is 5.69 Å². The molecule has 1 N–H and O–H groups in total. The van der Waals surface area contributed by atoms with Crippen molar-refractivity contribution in [3.8, 4) is 0 Å². The lowest BCUT2D eigenvalue weighted by atomic mass is 9.93. The number of unbranched alkanes of at least 4 members (excludes halogenated alkanes) is 1. The molecule has 0 amide bonds. The molecule has 0 aliphatic rings. The van der Waals surface area contributed by atoms with E-state index in [2.05, 4.69) is 70.8 Å². The normalized spacial score (nSPS) is 11.4. The fourth-order valence-electron chi connectivity index (χ4n) is 3.07. The lowest BCUT2D eigenvalue weighted by molar-refractivity contribution is 0.559. The summed E-state index contributed by atoms with van der Waals surface area (Å²) >= 11 is 0. The topological polar surface area (TPSA) is 12.0 Å². The SMILES string of the molecule is C=C(C)c1c(CC)ccc(C/C=C\CCCC(C)C)c1NCCC. The van der Waals surface area contributed by atoms with Crippen molar-refractivity contribution in [2.45, 2.75) is 73.1 Å². The molecule has 0 saturated carbocycles. The maximum atomic E-state index is 4.22. The second-order valence-electron chi connectivity index (χ2n) is 7.19. The van der Waals surface area contributed by atoms with E-state index in [1.54, 1.807) is 0 Å². The minimum Gasteiger partial charge on any atom is -0.384 e. The predicted octanol–water partition coefficient (Wildman–Crippen LogP) is 7.03. The van der Waals surface area contributed by atoms with Gasteiger partial charge < -0.3 is 5.32 Å². The van der Waals surface area contributed by atoms with Gasteiger partial charge in [-0.15, -0.1) is 0 Å². The predicted molar refractivity (Wildman–Crippen MR) is 111 cm³/mol. The number of anilines is 1. The molecular weight excluding hydrogens is 290 g/mol. The molecule has 0 saturated heterocycles. The van der Waals surface area contributed by atoms with Gasteiger partial charge >= 0.3 is 0 Å². The Kier molecular flexibility index (Phi) is 9.52. The van der Waals surface area contributed by atoms with Gasteiger partial charge in [0, 0.05) is 17.8 Å². The first-order chi connectivity index (χ1) is 11.5. The number of allylic oxidation sites excluding steroid dienone is 3. The number of nitrogens with one attached hydrogen (secondary N) is 1. The van der Waals surface area contributed by atoms with Crippen LogP contribution in [0.15, 0.2) is 30.9 Å². The smallest absolute Gasteiger partial charge is 0.0454 e. The second-order valence-corrected chi connectivity index (χ2v) is 7.19. The zero-order valence-corrected chi connectivity index (χ0v) is 16.5. The number of aryl methyl sites for hydroxylation is 1. The molecule has 0 spiro atoms. The summed E-state index contributed by atoms with van der Waals surface area (Å²) < 4.78 is 0. The van der Waals surface area contributed by atoms with E-state index in [-0.39, 0.29) is 0 Å². The highest BCUT2D eigenvalue weighted by Crippen LogP contribution is 2.31. The van der Waals surface area contributed by atoms with E-state index in [4.69, 9.17) is 0 Å². The molecule has 0 aliphatic carbocycles. The second kappa shape index (κ2) is 11.1. The van der Waals surface area contributed by atoms with Crippen molar-refractivity contribution in [3.63, 3.8) is 0 Å². The van der Waals surface area contributed by atoms with Crippen LogP contribution >= 0.6 is 0 Å². The number of rotatable bonds is 11. The van der Waals surface area contributed by atoms with E-state index >= 15 is 0 Å². The maximum absolute atomic E-state index is 4.22. The summed E-state index contributed by atoms with van der Waals surface area (Å²) in [7, 11) is 0. The van der Waals surface area contributed by atoms with Crippen molar-refractivity contribution < 1.29 is 0 Å². The first-order valence-electron chi connectivity index (χ1n) is 9.70. The standard InChI is InChI=1S/C23H37N/c1-7-17-24-23-21(14-12-10-9-11-13-18(3)4)16-15-20(8-2)22(23)19(5)6/h10,12,15-16,18,24H,5,7-9,11,13-14,17H2,1-4,6H3/b12-10-. The average molecular weight is 328 g/mol. The van der Waals surface area contributed by atoms with Gasteiger partial charge in [-0.1, -0.05) is 65.0 Å². The molecule has 0 unspecified atom stereocenters. The fraction of sp³-hybridized carbons (Fsp3) is 0.565. The first-order valence-corrected chi connectivity index (χ1v) is 9.70. The van der Waals surface area contributed by atoms with E-state index in [9.17, 15) is 0 Å². The summed E-state index contributed by atoms with van der Waals surface area (Å²) in [6.07, 6.45) is 11.7. The molecular formula is C23H37N. The van der Waals surface area contributed by atoms with Crippen molar-refractivity contribution in [2.24, 2.45) is 5.92 Å². The molecule has 0 heterocycles. The zero-order chi connectivity index (χ0) is 17.9. The lowest BCUT2D eigenvalue weighted by Crippen LogP contribution is -2.08. The minimum absolute atomic E-state index is 0.808. The van der Waals surface area contributed by atoms with Gasteiger partial charge in [0.15, 0.2) is 0 Å². The Balaban J connectivity index is 2.90. The molecule has 0 atom stereocenters. The van der Waals surface area contributed by atoms with E-state index in [1.807, 2.05) is 0 Å². The van der Waals surface area contributed by atoms with Crippen LogP contribution in [0.25, 0.3) is 5.57 Å². The molecule has 1 nitrogen and oxygen atoms in total. The van der Waals surface area contributed by atoms with Crippen LogP contribution in [0.1, 0.15) is 77.0 Å². The first kappa shape index (κ1) is 20.5.